The maximum atomic E-state index is 12.6. The molecular formula is C23H20N2O2. The van der Waals surface area contributed by atoms with Gasteiger partial charge in [0.1, 0.15) is 17.4 Å². The predicted molar refractivity (Wildman–Crippen MR) is 108 cm³/mol. The molecule has 3 aromatic rings. The number of fused-ring (bicyclic) bond motifs is 1. The number of anilines is 1. The summed E-state index contributed by atoms with van der Waals surface area (Å²) in [7, 11) is 0. The van der Waals surface area contributed by atoms with Crippen molar-refractivity contribution in [3.8, 4) is 11.8 Å². The normalized spacial score (nSPS) is 11.3. The fourth-order valence-corrected chi connectivity index (χ4v) is 2.79. The van der Waals surface area contributed by atoms with Crippen molar-refractivity contribution in [1.29, 1.82) is 5.26 Å². The van der Waals surface area contributed by atoms with Gasteiger partial charge in [-0.05, 0) is 48.9 Å². The molecule has 0 saturated heterocycles. The first-order valence-electron chi connectivity index (χ1n) is 8.75. The van der Waals surface area contributed by atoms with Crippen LogP contribution in [0.4, 0.5) is 5.69 Å². The minimum Gasteiger partial charge on any atom is -0.490 e. The van der Waals surface area contributed by atoms with E-state index in [0.29, 0.717) is 11.4 Å². The molecule has 0 aliphatic heterocycles. The lowest BCUT2D eigenvalue weighted by atomic mass is 10.0. The number of carbonyl (C=O) groups excluding carboxylic acids is 1. The fraction of sp³-hybridized carbons (Fsp3) is 0.130. The zero-order valence-corrected chi connectivity index (χ0v) is 15.3. The van der Waals surface area contributed by atoms with Crippen LogP contribution in [0, 0.1) is 11.3 Å². The van der Waals surface area contributed by atoms with Crippen LogP contribution in [0.2, 0.25) is 0 Å². The van der Waals surface area contributed by atoms with E-state index in [1.165, 1.54) is 0 Å². The second kappa shape index (κ2) is 8.20. The highest BCUT2D eigenvalue weighted by Crippen LogP contribution is 2.31. The maximum Gasteiger partial charge on any atom is 0.266 e. The summed E-state index contributed by atoms with van der Waals surface area (Å²) in [6.07, 6.45) is 1.57. The summed E-state index contributed by atoms with van der Waals surface area (Å²) in [5.74, 6) is 0.191. The van der Waals surface area contributed by atoms with Crippen LogP contribution in [0.5, 0.6) is 5.75 Å². The van der Waals surface area contributed by atoms with Gasteiger partial charge in [0.2, 0.25) is 0 Å². The summed E-state index contributed by atoms with van der Waals surface area (Å²) in [4.78, 5) is 12.6. The standard InChI is InChI=1S/C23H20N2O2/c1-16(2)27-22-13-12-17-8-6-7-11-20(17)21(22)14-18(15-24)23(26)25-19-9-4-3-5-10-19/h3-14,16H,1-2H3,(H,25,26)/b18-14+. The van der Waals surface area contributed by atoms with Crippen molar-refractivity contribution in [2.45, 2.75) is 20.0 Å². The number of carbonyl (C=O) groups is 1. The van der Waals surface area contributed by atoms with E-state index in [2.05, 4.69) is 5.32 Å². The number of ether oxygens (including phenoxy) is 1. The highest BCUT2D eigenvalue weighted by molar-refractivity contribution is 6.11. The van der Waals surface area contributed by atoms with E-state index in [0.717, 1.165) is 16.3 Å². The lowest BCUT2D eigenvalue weighted by Gasteiger charge is -2.15. The maximum absolute atomic E-state index is 12.6. The van der Waals surface area contributed by atoms with E-state index >= 15 is 0 Å². The number of nitriles is 1. The molecule has 0 heterocycles. The molecule has 134 valence electrons. The van der Waals surface area contributed by atoms with Crippen molar-refractivity contribution in [1.82, 2.24) is 0 Å². The van der Waals surface area contributed by atoms with E-state index in [1.807, 2.05) is 74.5 Å². The minimum atomic E-state index is -0.452. The average molecular weight is 356 g/mol. The summed E-state index contributed by atoms with van der Waals surface area (Å²) in [6.45, 7) is 3.88. The highest BCUT2D eigenvalue weighted by atomic mass is 16.5. The van der Waals surface area contributed by atoms with Crippen molar-refractivity contribution in [2.75, 3.05) is 5.32 Å². The summed E-state index contributed by atoms with van der Waals surface area (Å²) in [5, 5.41) is 14.3. The van der Waals surface area contributed by atoms with Crippen LogP contribution in [-0.2, 0) is 4.79 Å². The first-order valence-corrected chi connectivity index (χ1v) is 8.75. The van der Waals surface area contributed by atoms with Crippen LogP contribution < -0.4 is 10.1 Å². The van der Waals surface area contributed by atoms with Crippen molar-refractivity contribution >= 4 is 28.4 Å². The molecule has 0 aromatic heterocycles. The number of benzene rings is 3. The van der Waals surface area contributed by atoms with E-state index in [-0.39, 0.29) is 11.7 Å². The molecule has 0 atom stereocenters. The molecule has 0 aliphatic carbocycles. The third-order valence-corrected chi connectivity index (χ3v) is 3.98. The van der Waals surface area contributed by atoms with Crippen molar-refractivity contribution in [3.05, 3.63) is 77.9 Å². The molecule has 0 radical (unpaired) electrons. The molecule has 0 fully saturated rings. The first-order chi connectivity index (χ1) is 13.1. The molecule has 3 rings (SSSR count). The number of para-hydroxylation sites is 1. The second-order valence-corrected chi connectivity index (χ2v) is 6.36. The molecule has 0 bridgehead atoms. The van der Waals surface area contributed by atoms with E-state index in [9.17, 15) is 10.1 Å². The first kappa shape index (κ1) is 18.2. The van der Waals surface area contributed by atoms with Crippen LogP contribution in [0.3, 0.4) is 0 Å². The number of hydrogen-bond donors (Lipinski definition) is 1. The van der Waals surface area contributed by atoms with Gasteiger partial charge in [-0.1, -0.05) is 48.5 Å². The summed E-state index contributed by atoms with van der Waals surface area (Å²) < 4.78 is 5.91. The minimum absolute atomic E-state index is 0.0174. The molecule has 4 nitrogen and oxygen atoms in total. The molecule has 0 aliphatic rings. The van der Waals surface area contributed by atoms with Gasteiger partial charge < -0.3 is 10.1 Å². The Kier molecular flexibility index (Phi) is 5.53. The van der Waals surface area contributed by atoms with Crippen LogP contribution in [-0.4, -0.2) is 12.0 Å². The summed E-state index contributed by atoms with van der Waals surface area (Å²) in [5.41, 5.74) is 1.38. The largest absolute Gasteiger partial charge is 0.490 e. The van der Waals surface area contributed by atoms with Crippen molar-refractivity contribution in [2.24, 2.45) is 0 Å². The summed E-state index contributed by atoms with van der Waals surface area (Å²) in [6, 6.07) is 22.7. The number of nitrogens with one attached hydrogen (secondary N) is 1. The van der Waals surface area contributed by atoms with E-state index < -0.39 is 5.91 Å². The molecule has 0 spiro atoms. The van der Waals surface area contributed by atoms with Crippen LogP contribution in [0.15, 0.2) is 72.3 Å². The number of hydrogen-bond acceptors (Lipinski definition) is 3. The van der Waals surface area contributed by atoms with Gasteiger partial charge in [0.25, 0.3) is 5.91 Å². The number of amides is 1. The van der Waals surface area contributed by atoms with Crippen LogP contribution in [0.1, 0.15) is 19.4 Å². The smallest absolute Gasteiger partial charge is 0.266 e. The molecule has 1 amide bonds. The zero-order chi connectivity index (χ0) is 19.2. The van der Waals surface area contributed by atoms with Crippen LogP contribution >= 0.6 is 0 Å². The van der Waals surface area contributed by atoms with Crippen molar-refractivity contribution in [3.63, 3.8) is 0 Å². The van der Waals surface area contributed by atoms with Gasteiger partial charge in [-0.25, -0.2) is 0 Å². The zero-order valence-electron chi connectivity index (χ0n) is 15.3. The molecule has 0 unspecified atom stereocenters. The Morgan fingerprint density at radius 1 is 1.04 bits per heavy atom. The number of nitrogens with zero attached hydrogens (tertiary/aromatic N) is 1. The van der Waals surface area contributed by atoms with E-state index in [4.69, 9.17) is 4.74 Å². The number of rotatable bonds is 5. The van der Waals surface area contributed by atoms with Gasteiger partial charge >= 0.3 is 0 Å². The lowest BCUT2D eigenvalue weighted by Crippen LogP contribution is -2.13. The Morgan fingerprint density at radius 3 is 2.44 bits per heavy atom. The van der Waals surface area contributed by atoms with Crippen molar-refractivity contribution < 1.29 is 9.53 Å². The second-order valence-electron chi connectivity index (χ2n) is 6.36. The van der Waals surface area contributed by atoms with Gasteiger partial charge in [0.15, 0.2) is 0 Å². The molecular weight excluding hydrogens is 336 g/mol. The SMILES string of the molecule is CC(C)Oc1ccc2ccccc2c1/C=C(\C#N)C(=O)Nc1ccccc1. The Labute approximate surface area is 158 Å². The Balaban J connectivity index is 2.05. The van der Waals surface area contributed by atoms with Gasteiger partial charge in [0, 0.05) is 11.3 Å². The Bertz CT molecular complexity index is 1030. The van der Waals surface area contributed by atoms with Gasteiger partial charge in [-0.15, -0.1) is 0 Å². The van der Waals surface area contributed by atoms with Gasteiger partial charge in [-0.2, -0.15) is 5.26 Å². The fourth-order valence-electron chi connectivity index (χ4n) is 2.79. The van der Waals surface area contributed by atoms with E-state index in [1.54, 1.807) is 18.2 Å². The Morgan fingerprint density at radius 2 is 1.74 bits per heavy atom. The molecule has 0 saturated carbocycles. The highest BCUT2D eigenvalue weighted by Gasteiger charge is 2.14. The topological polar surface area (TPSA) is 62.1 Å². The Hall–Kier alpha value is -3.58. The predicted octanol–water partition coefficient (Wildman–Crippen LogP) is 5.17. The third-order valence-electron chi connectivity index (χ3n) is 3.98. The monoisotopic (exact) mass is 356 g/mol. The average Bonchev–Trinajstić information content (AvgIpc) is 2.67. The lowest BCUT2D eigenvalue weighted by molar-refractivity contribution is -0.112. The quantitative estimate of drug-likeness (QED) is 0.506. The molecule has 27 heavy (non-hydrogen) atoms. The molecule has 3 aromatic carbocycles. The molecule has 4 heteroatoms. The van der Waals surface area contributed by atoms with Gasteiger partial charge in [0.05, 0.1) is 6.10 Å². The molecule has 1 N–H and O–H groups in total. The summed E-state index contributed by atoms with van der Waals surface area (Å²) >= 11 is 0. The third kappa shape index (κ3) is 4.34. The van der Waals surface area contributed by atoms with Gasteiger partial charge in [-0.3, -0.25) is 4.79 Å². The van der Waals surface area contributed by atoms with Crippen LogP contribution in [0.25, 0.3) is 16.8 Å².